The summed E-state index contributed by atoms with van der Waals surface area (Å²) in [5, 5.41) is 5.09. The maximum Gasteiger partial charge on any atom is 0.240 e. The standard InChI is InChI=1S/C17H23N3O5S2/c18-26(21,22)14-6-4-7-15(12-14)27(23,24)19-13-16(17-8-5-11-25-17)20-9-2-1-3-10-20/h4-8,11-12,16,19H,1-3,9-10,13H2,(H2,18,21,22). The van der Waals surface area contributed by atoms with Gasteiger partial charge in [0.1, 0.15) is 5.76 Å². The molecule has 0 aliphatic carbocycles. The summed E-state index contributed by atoms with van der Waals surface area (Å²) >= 11 is 0. The molecule has 1 fully saturated rings. The van der Waals surface area contributed by atoms with E-state index in [-0.39, 0.29) is 22.4 Å². The number of piperidine rings is 1. The van der Waals surface area contributed by atoms with E-state index >= 15 is 0 Å². The number of rotatable bonds is 7. The summed E-state index contributed by atoms with van der Waals surface area (Å²) in [5.74, 6) is 0.692. The van der Waals surface area contributed by atoms with Crippen LogP contribution >= 0.6 is 0 Å². The molecule has 1 unspecified atom stereocenters. The molecule has 27 heavy (non-hydrogen) atoms. The van der Waals surface area contributed by atoms with Gasteiger partial charge in [0.05, 0.1) is 22.1 Å². The molecule has 1 aliphatic rings. The van der Waals surface area contributed by atoms with Gasteiger partial charge in [0.15, 0.2) is 0 Å². The molecule has 0 spiro atoms. The van der Waals surface area contributed by atoms with Crippen LogP contribution in [0.3, 0.4) is 0 Å². The largest absolute Gasteiger partial charge is 0.468 e. The molecule has 3 rings (SSSR count). The van der Waals surface area contributed by atoms with Crippen LogP contribution in [0.4, 0.5) is 0 Å². The minimum absolute atomic E-state index is 0.120. The Kier molecular flexibility index (Phi) is 6.02. The number of sulfonamides is 2. The lowest BCUT2D eigenvalue weighted by atomic mass is 10.1. The predicted octanol–water partition coefficient (Wildman–Crippen LogP) is 1.43. The maximum atomic E-state index is 12.7. The summed E-state index contributed by atoms with van der Waals surface area (Å²) in [6, 6.07) is 8.37. The van der Waals surface area contributed by atoms with Crippen molar-refractivity contribution in [2.45, 2.75) is 35.1 Å². The second-order valence-electron chi connectivity index (χ2n) is 6.50. The number of nitrogens with zero attached hydrogens (tertiary/aromatic N) is 1. The minimum atomic E-state index is -3.98. The van der Waals surface area contributed by atoms with E-state index in [9.17, 15) is 16.8 Å². The fourth-order valence-corrected chi connectivity index (χ4v) is 4.93. The van der Waals surface area contributed by atoms with E-state index in [4.69, 9.17) is 9.56 Å². The molecular weight excluding hydrogens is 390 g/mol. The summed E-state index contributed by atoms with van der Waals surface area (Å²) in [5.41, 5.74) is 0. The topological polar surface area (TPSA) is 123 Å². The summed E-state index contributed by atoms with van der Waals surface area (Å²) in [6.07, 6.45) is 4.84. The summed E-state index contributed by atoms with van der Waals surface area (Å²) in [4.78, 5) is 1.81. The highest BCUT2D eigenvalue weighted by atomic mass is 32.2. The first kappa shape index (κ1) is 20.0. The molecule has 0 bridgehead atoms. The molecule has 8 nitrogen and oxygen atoms in total. The van der Waals surface area contributed by atoms with Crippen molar-refractivity contribution in [1.29, 1.82) is 0 Å². The van der Waals surface area contributed by atoms with Crippen molar-refractivity contribution in [3.63, 3.8) is 0 Å². The Morgan fingerprint density at radius 1 is 1.04 bits per heavy atom. The molecular formula is C17H23N3O5S2. The number of hydrogen-bond acceptors (Lipinski definition) is 6. The van der Waals surface area contributed by atoms with Crippen LogP contribution in [0, 0.1) is 0 Å². The lowest BCUT2D eigenvalue weighted by Crippen LogP contribution is -2.40. The number of primary sulfonamides is 1. The molecule has 2 aromatic rings. The fourth-order valence-electron chi connectivity index (χ4n) is 3.21. The molecule has 0 radical (unpaired) electrons. The molecule has 1 aromatic carbocycles. The molecule has 0 amide bonds. The van der Waals surface area contributed by atoms with Gasteiger partial charge in [-0.3, -0.25) is 4.90 Å². The third-order valence-electron chi connectivity index (χ3n) is 4.61. The lowest BCUT2D eigenvalue weighted by molar-refractivity contribution is 0.147. The molecule has 148 valence electrons. The van der Waals surface area contributed by atoms with Crippen LogP contribution in [0.2, 0.25) is 0 Å². The van der Waals surface area contributed by atoms with E-state index in [1.54, 1.807) is 12.3 Å². The van der Waals surface area contributed by atoms with Gasteiger partial charge < -0.3 is 4.42 Å². The predicted molar refractivity (Wildman–Crippen MR) is 99.9 cm³/mol. The van der Waals surface area contributed by atoms with Gasteiger partial charge in [0.25, 0.3) is 0 Å². The van der Waals surface area contributed by atoms with Crippen LogP contribution in [0.5, 0.6) is 0 Å². The zero-order chi connectivity index (χ0) is 19.5. The third kappa shape index (κ3) is 4.96. The van der Waals surface area contributed by atoms with Gasteiger partial charge in [-0.25, -0.2) is 26.7 Å². The minimum Gasteiger partial charge on any atom is -0.468 e. The van der Waals surface area contributed by atoms with Crippen LogP contribution in [-0.2, 0) is 20.0 Å². The first-order valence-electron chi connectivity index (χ1n) is 8.67. The van der Waals surface area contributed by atoms with Gasteiger partial charge in [-0.1, -0.05) is 12.5 Å². The van der Waals surface area contributed by atoms with Gasteiger partial charge in [-0.2, -0.15) is 0 Å². The van der Waals surface area contributed by atoms with E-state index in [1.807, 2.05) is 6.07 Å². The summed E-state index contributed by atoms with van der Waals surface area (Å²) in [7, 11) is -7.89. The molecule has 3 N–H and O–H groups in total. The number of nitrogens with one attached hydrogen (secondary N) is 1. The van der Waals surface area contributed by atoms with Crippen LogP contribution in [0.1, 0.15) is 31.1 Å². The Bertz CT molecular complexity index is 966. The number of furan rings is 1. The van der Waals surface area contributed by atoms with E-state index in [0.29, 0.717) is 5.76 Å². The number of nitrogens with two attached hydrogens (primary N) is 1. The van der Waals surface area contributed by atoms with E-state index in [2.05, 4.69) is 9.62 Å². The molecule has 1 aliphatic heterocycles. The summed E-state index contributed by atoms with van der Waals surface area (Å²) < 4.78 is 56.4. The zero-order valence-electron chi connectivity index (χ0n) is 14.7. The van der Waals surface area contributed by atoms with Crippen LogP contribution < -0.4 is 9.86 Å². The maximum absolute atomic E-state index is 12.7. The molecule has 1 saturated heterocycles. The first-order chi connectivity index (χ1) is 12.8. The Morgan fingerprint density at radius 2 is 1.74 bits per heavy atom. The molecule has 0 saturated carbocycles. The van der Waals surface area contributed by atoms with Crippen molar-refractivity contribution in [2.24, 2.45) is 5.14 Å². The van der Waals surface area contributed by atoms with Gasteiger partial charge in [-0.15, -0.1) is 0 Å². The fraction of sp³-hybridized carbons (Fsp3) is 0.412. The van der Waals surface area contributed by atoms with Gasteiger partial charge in [-0.05, 0) is 56.3 Å². The highest BCUT2D eigenvalue weighted by Gasteiger charge is 2.27. The molecule has 2 heterocycles. The normalized spacial score (nSPS) is 17.7. The van der Waals surface area contributed by atoms with Crippen LogP contribution in [-0.4, -0.2) is 41.4 Å². The average Bonchev–Trinajstić information content (AvgIpc) is 3.16. The quantitative estimate of drug-likeness (QED) is 0.708. The smallest absolute Gasteiger partial charge is 0.240 e. The second-order valence-corrected chi connectivity index (χ2v) is 9.83. The van der Waals surface area contributed by atoms with Crippen molar-refractivity contribution in [3.8, 4) is 0 Å². The Balaban J connectivity index is 1.80. The Morgan fingerprint density at radius 3 is 2.37 bits per heavy atom. The van der Waals surface area contributed by atoms with Gasteiger partial charge in [0, 0.05) is 6.54 Å². The number of benzene rings is 1. The Labute approximate surface area is 159 Å². The van der Waals surface area contributed by atoms with E-state index in [0.717, 1.165) is 38.4 Å². The van der Waals surface area contributed by atoms with E-state index in [1.165, 1.54) is 18.2 Å². The first-order valence-corrected chi connectivity index (χ1v) is 11.7. The summed E-state index contributed by atoms with van der Waals surface area (Å²) in [6.45, 7) is 1.86. The molecule has 10 heteroatoms. The molecule has 1 atom stereocenters. The van der Waals surface area contributed by atoms with Crippen molar-refractivity contribution in [2.75, 3.05) is 19.6 Å². The van der Waals surface area contributed by atoms with Gasteiger partial charge in [0.2, 0.25) is 20.0 Å². The van der Waals surface area contributed by atoms with E-state index < -0.39 is 20.0 Å². The molecule has 1 aromatic heterocycles. The highest BCUT2D eigenvalue weighted by Crippen LogP contribution is 2.25. The Hall–Kier alpha value is -1.72. The van der Waals surface area contributed by atoms with Crippen molar-refractivity contribution >= 4 is 20.0 Å². The van der Waals surface area contributed by atoms with Crippen molar-refractivity contribution in [1.82, 2.24) is 9.62 Å². The average molecular weight is 414 g/mol. The van der Waals surface area contributed by atoms with Crippen molar-refractivity contribution in [3.05, 3.63) is 48.4 Å². The van der Waals surface area contributed by atoms with Crippen molar-refractivity contribution < 1.29 is 21.3 Å². The van der Waals surface area contributed by atoms with Crippen LogP contribution in [0.25, 0.3) is 0 Å². The third-order valence-corrected chi connectivity index (χ3v) is 6.95. The second kappa shape index (κ2) is 8.11. The highest BCUT2D eigenvalue weighted by molar-refractivity contribution is 7.90. The lowest BCUT2D eigenvalue weighted by Gasteiger charge is -2.33. The number of hydrogen-bond donors (Lipinski definition) is 2. The number of likely N-dealkylation sites (tertiary alicyclic amines) is 1. The van der Waals surface area contributed by atoms with Crippen LogP contribution in [0.15, 0.2) is 56.9 Å². The zero-order valence-corrected chi connectivity index (χ0v) is 16.4. The monoisotopic (exact) mass is 413 g/mol. The van der Waals surface area contributed by atoms with Gasteiger partial charge >= 0.3 is 0 Å². The SMILES string of the molecule is NS(=O)(=O)c1cccc(S(=O)(=O)NCC(c2ccco2)N2CCCCC2)c1.